The van der Waals surface area contributed by atoms with E-state index in [1.165, 1.54) is 32.1 Å². The van der Waals surface area contributed by atoms with Crippen LogP contribution in [0.25, 0.3) is 0 Å². The van der Waals surface area contributed by atoms with Crippen molar-refractivity contribution in [2.75, 3.05) is 0 Å². The van der Waals surface area contributed by atoms with Gasteiger partial charge in [-0.2, -0.15) is 0 Å². The first-order chi connectivity index (χ1) is 7.75. The van der Waals surface area contributed by atoms with Crippen molar-refractivity contribution in [2.45, 2.75) is 38.5 Å². The highest BCUT2D eigenvalue weighted by Gasteiger charge is 2.16. The molecule has 1 aliphatic rings. The van der Waals surface area contributed by atoms with Gasteiger partial charge in [-0.05, 0) is 30.4 Å². The quantitative estimate of drug-likeness (QED) is 0.828. The Kier molecular flexibility index (Phi) is 3.54. The van der Waals surface area contributed by atoms with Gasteiger partial charge in [0.2, 0.25) is 0 Å². The van der Waals surface area contributed by atoms with Crippen LogP contribution in [0.2, 0.25) is 0 Å². The van der Waals surface area contributed by atoms with Crippen LogP contribution in [-0.4, -0.2) is 16.1 Å². The summed E-state index contributed by atoms with van der Waals surface area (Å²) in [6.07, 6.45) is 9.40. The van der Waals surface area contributed by atoms with Gasteiger partial charge in [0.15, 0.2) is 0 Å². The Morgan fingerprint density at radius 1 is 1.44 bits per heavy atom. The molecule has 1 N–H and O–H groups in total. The van der Waals surface area contributed by atoms with Gasteiger partial charge in [0.1, 0.15) is 5.69 Å². The summed E-state index contributed by atoms with van der Waals surface area (Å²) >= 11 is 0. The Morgan fingerprint density at radius 2 is 2.25 bits per heavy atom. The van der Waals surface area contributed by atoms with Gasteiger partial charge in [-0.3, -0.25) is 0 Å². The standard InChI is InChI=1S/C13H17NO2/c15-13(16)12-8-7-11(9-14-12)6-2-5-10-3-1-4-10/h7-10H,1-6H2,(H,15,16). The van der Waals surface area contributed by atoms with Crippen molar-refractivity contribution in [1.29, 1.82) is 0 Å². The molecule has 0 atom stereocenters. The van der Waals surface area contributed by atoms with Crippen LogP contribution in [0.4, 0.5) is 0 Å². The van der Waals surface area contributed by atoms with E-state index in [4.69, 9.17) is 5.11 Å². The van der Waals surface area contributed by atoms with Crippen molar-refractivity contribution in [2.24, 2.45) is 5.92 Å². The lowest BCUT2D eigenvalue weighted by Gasteiger charge is -2.24. The Labute approximate surface area is 95.5 Å². The van der Waals surface area contributed by atoms with Crippen molar-refractivity contribution in [3.63, 3.8) is 0 Å². The number of carboxylic acid groups (broad SMARTS) is 1. The molecular formula is C13H17NO2. The maximum absolute atomic E-state index is 10.6. The Hall–Kier alpha value is -1.38. The maximum Gasteiger partial charge on any atom is 0.354 e. The van der Waals surface area contributed by atoms with Crippen molar-refractivity contribution in [1.82, 2.24) is 4.98 Å². The average molecular weight is 219 g/mol. The van der Waals surface area contributed by atoms with Gasteiger partial charge >= 0.3 is 5.97 Å². The summed E-state index contributed by atoms with van der Waals surface area (Å²) in [4.78, 5) is 14.5. The van der Waals surface area contributed by atoms with Crippen LogP contribution in [0.3, 0.4) is 0 Å². The highest BCUT2D eigenvalue weighted by Crippen LogP contribution is 2.30. The summed E-state index contributed by atoms with van der Waals surface area (Å²) in [6, 6.07) is 3.46. The van der Waals surface area contributed by atoms with Crippen molar-refractivity contribution in [3.05, 3.63) is 29.6 Å². The minimum atomic E-state index is -0.957. The largest absolute Gasteiger partial charge is 0.477 e. The molecule has 1 aliphatic carbocycles. The summed E-state index contributed by atoms with van der Waals surface area (Å²) in [5.41, 5.74) is 1.27. The van der Waals surface area contributed by atoms with E-state index in [0.29, 0.717) is 0 Å². The molecular weight excluding hydrogens is 202 g/mol. The Bertz CT molecular complexity index is 355. The lowest BCUT2D eigenvalue weighted by molar-refractivity contribution is 0.0690. The molecule has 0 spiro atoms. The minimum Gasteiger partial charge on any atom is -0.477 e. The molecule has 1 aromatic rings. The number of carbonyl (C=O) groups is 1. The smallest absolute Gasteiger partial charge is 0.354 e. The van der Waals surface area contributed by atoms with E-state index in [1.54, 1.807) is 12.3 Å². The summed E-state index contributed by atoms with van der Waals surface area (Å²) < 4.78 is 0. The number of nitrogens with zero attached hydrogens (tertiary/aromatic N) is 1. The van der Waals surface area contributed by atoms with Gasteiger partial charge in [0, 0.05) is 6.20 Å². The fourth-order valence-corrected chi connectivity index (χ4v) is 2.08. The lowest BCUT2D eigenvalue weighted by Crippen LogP contribution is -2.10. The molecule has 0 unspecified atom stereocenters. The highest BCUT2D eigenvalue weighted by molar-refractivity contribution is 5.85. The molecule has 0 bridgehead atoms. The van der Waals surface area contributed by atoms with E-state index in [9.17, 15) is 4.79 Å². The molecule has 1 heterocycles. The van der Waals surface area contributed by atoms with E-state index in [0.717, 1.165) is 17.9 Å². The number of aromatic nitrogens is 1. The zero-order chi connectivity index (χ0) is 11.4. The fraction of sp³-hybridized carbons (Fsp3) is 0.538. The van der Waals surface area contributed by atoms with Gasteiger partial charge in [0.25, 0.3) is 0 Å². The van der Waals surface area contributed by atoms with Crippen LogP contribution >= 0.6 is 0 Å². The summed E-state index contributed by atoms with van der Waals surface area (Å²) in [6.45, 7) is 0. The number of aryl methyl sites for hydroxylation is 1. The van der Waals surface area contributed by atoms with Crippen LogP contribution in [0.15, 0.2) is 18.3 Å². The third-order valence-electron chi connectivity index (χ3n) is 3.35. The summed E-state index contributed by atoms with van der Waals surface area (Å²) in [5, 5.41) is 8.70. The third kappa shape index (κ3) is 2.81. The van der Waals surface area contributed by atoms with Gasteiger partial charge in [0.05, 0.1) is 0 Å². The highest BCUT2D eigenvalue weighted by atomic mass is 16.4. The monoisotopic (exact) mass is 219 g/mol. The molecule has 3 nitrogen and oxygen atoms in total. The van der Waals surface area contributed by atoms with Crippen LogP contribution < -0.4 is 0 Å². The molecule has 3 heteroatoms. The van der Waals surface area contributed by atoms with Crippen LogP contribution in [0.1, 0.15) is 48.2 Å². The van der Waals surface area contributed by atoms with E-state index in [-0.39, 0.29) is 5.69 Å². The van der Waals surface area contributed by atoms with Crippen molar-refractivity contribution < 1.29 is 9.90 Å². The number of hydrogen-bond donors (Lipinski definition) is 1. The minimum absolute atomic E-state index is 0.128. The van der Waals surface area contributed by atoms with Crippen LogP contribution in [-0.2, 0) is 6.42 Å². The average Bonchev–Trinajstić information content (AvgIpc) is 2.22. The van der Waals surface area contributed by atoms with E-state index < -0.39 is 5.97 Å². The number of aromatic carboxylic acids is 1. The van der Waals surface area contributed by atoms with Gasteiger partial charge in [-0.15, -0.1) is 0 Å². The molecule has 0 aromatic carbocycles. The molecule has 1 aromatic heterocycles. The maximum atomic E-state index is 10.6. The van der Waals surface area contributed by atoms with Crippen molar-refractivity contribution in [3.8, 4) is 0 Å². The second kappa shape index (κ2) is 5.10. The van der Waals surface area contributed by atoms with Gasteiger partial charge in [-0.25, -0.2) is 9.78 Å². The molecule has 0 radical (unpaired) electrons. The number of pyridine rings is 1. The van der Waals surface area contributed by atoms with Gasteiger partial charge in [-0.1, -0.05) is 31.7 Å². The zero-order valence-corrected chi connectivity index (χ0v) is 9.35. The molecule has 86 valence electrons. The Balaban J connectivity index is 1.78. The first-order valence-corrected chi connectivity index (χ1v) is 5.94. The third-order valence-corrected chi connectivity index (χ3v) is 3.35. The van der Waals surface area contributed by atoms with Crippen LogP contribution in [0.5, 0.6) is 0 Å². The molecule has 2 rings (SSSR count). The molecule has 1 fully saturated rings. The molecule has 0 amide bonds. The normalized spacial score (nSPS) is 15.8. The van der Waals surface area contributed by atoms with Crippen LogP contribution in [0, 0.1) is 5.92 Å². The lowest BCUT2D eigenvalue weighted by atomic mass is 9.81. The molecule has 0 saturated heterocycles. The molecule has 16 heavy (non-hydrogen) atoms. The van der Waals surface area contributed by atoms with E-state index in [1.807, 2.05) is 6.07 Å². The predicted octanol–water partition coefficient (Wildman–Crippen LogP) is 2.90. The number of hydrogen-bond acceptors (Lipinski definition) is 2. The van der Waals surface area contributed by atoms with E-state index >= 15 is 0 Å². The number of rotatable bonds is 5. The zero-order valence-electron chi connectivity index (χ0n) is 9.35. The molecule has 1 saturated carbocycles. The van der Waals surface area contributed by atoms with Gasteiger partial charge < -0.3 is 5.11 Å². The van der Waals surface area contributed by atoms with Crippen molar-refractivity contribution >= 4 is 5.97 Å². The second-order valence-electron chi connectivity index (χ2n) is 4.55. The molecule has 0 aliphatic heterocycles. The topological polar surface area (TPSA) is 50.2 Å². The number of carboxylic acids is 1. The SMILES string of the molecule is O=C(O)c1ccc(CCCC2CCC2)cn1. The first kappa shape index (κ1) is 11.1. The second-order valence-corrected chi connectivity index (χ2v) is 4.55. The first-order valence-electron chi connectivity index (χ1n) is 5.94. The fourth-order valence-electron chi connectivity index (χ4n) is 2.08. The predicted molar refractivity (Wildman–Crippen MR) is 61.5 cm³/mol. The Morgan fingerprint density at radius 3 is 2.75 bits per heavy atom. The summed E-state index contributed by atoms with van der Waals surface area (Å²) in [5.74, 6) is -0.00716. The summed E-state index contributed by atoms with van der Waals surface area (Å²) in [7, 11) is 0. The van der Waals surface area contributed by atoms with E-state index in [2.05, 4.69) is 4.98 Å².